The van der Waals surface area contributed by atoms with E-state index in [-0.39, 0.29) is 0 Å². The van der Waals surface area contributed by atoms with E-state index in [9.17, 15) is 0 Å². The normalized spacial score (nSPS) is 10.3. The summed E-state index contributed by atoms with van der Waals surface area (Å²) in [5, 5.41) is 6.66. The van der Waals surface area contributed by atoms with Crippen LogP contribution in [0.4, 0.5) is 23.0 Å². The molecular formula is C16H23N5. The largest absolute Gasteiger partial charge is 0.378 e. The number of benzene rings is 1. The summed E-state index contributed by atoms with van der Waals surface area (Å²) in [7, 11) is 4.06. The first-order valence-corrected chi connectivity index (χ1v) is 7.14. The summed E-state index contributed by atoms with van der Waals surface area (Å²) in [4.78, 5) is 11.0. The molecule has 1 aromatic heterocycles. The predicted molar refractivity (Wildman–Crippen MR) is 89.7 cm³/mol. The standard InChI is InChI=1S/C16H23N5/c1-6-17-15-11(2)16(19-12(3)18-15)20-13-8-7-9-14(10-13)21(4)5/h7-10H,6H2,1-5H3,(H2,17,18,19,20). The minimum Gasteiger partial charge on any atom is -0.378 e. The van der Waals surface area contributed by atoms with Gasteiger partial charge in [0.15, 0.2) is 0 Å². The molecule has 1 aromatic carbocycles. The average molecular weight is 285 g/mol. The van der Waals surface area contributed by atoms with Gasteiger partial charge >= 0.3 is 0 Å². The zero-order valence-electron chi connectivity index (χ0n) is 13.4. The molecule has 1 heterocycles. The van der Waals surface area contributed by atoms with Crippen molar-refractivity contribution >= 4 is 23.0 Å². The SMILES string of the molecule is CCNc1nc(C)nc(Nc2cccc(N(C)C)c2)c1C. The molecule has 0 bridgehead atoms. The lowest BCUT2D eigenvalue weighted by Crippen LogP contribution is -2.09. The molecule has 5 nitrogen and oxygen atoms in total. The molecule has 21 heavy (non-hydrogen) atoms. The van der Waals surface area contributed by atoms with Crippen LogP contribution in [0.1, 0.15) is 18.3 Å². The van der Waals surface area contributed by atoms with Gasteiger partial charge in [0.2, 0.25) is 0 Å². The second-order valence-electron chi connectivity index (χ2n) is 5.19. The van der Waals surface area contributed by atoms with Crippen molar-refractivity contribution in [2.24, 2.45) is 0 Å². The van der Waals surface area contributed by atoms with Crippen molar-refractivity contribution in [1.29, 1.82) is 0 Å². The van der Waals surface area contributed by atoms with Crippen LogP contribution in [0.3, 0.4) is 0 Å². The van der Waals surface area contributed by atoms with Crippen LogP contribution in [0.15, 0.2) is 24.3 Å². The number of anilines is 4. The Morgan fingerprint density at radius 3 is 2.48 bits per heavy atom. The lowest BCUT2D eigenvalue weighted by molar-refractivity contribution is 1.02. The summed E-state index contributed by atoms with van der Waals surface area (Å²) in [6, 6.07) is 8.25. The van der Waals surface area contributed by atoms with Crippen molar-refractivity contribution in [3.05, 3.63) is 35.7 Å². The third kappa shape index (κ3) is 3.62. The molecule has 0 spiro atoms. The Kier molecular flexibility index (Phi) is 4.62. The Labute approximate surface area is 126 Å². The average Bonchev–Trinajstić information content (AvgIpc) is 2.44. The molecule has 2 aromatic rings. The zero-order valence-corrected chi connectivity index (χ0v) is 13.4. The maximum absolute atomic E-state index is 4.51. The number of hydrogen-bond donors (Lipinski definition) is 2. The molecule has 0 unspecified atom stereocenters. The third-order valence-corrected chi connectivity index (χ3v) is 3.23. The molecule has 2 N–H and O–H groups in total. The fraction of sp³-hybridized carbons (Fsp3) is 0.375. The van der Waals surface area contributed by atoms with Crippen molar-refractivity contribution in [3.63, 3.8) is 0 Å². The van der Waals surface area contributed by atoms with E-state index in [1.54, 1.807) is 0 Å². The summed E-state index contributed by atoms with van der Waals surface area (Å²) >= 11 is 0. The van der Waals surface area contributed by atoms with Crippen molar-refractivity contribution in [3.8, 4) is 0 Å². The van der Waals surface area contributed by atoms with Gasteiger partial charge in [-0.25, -0.2) is 9.97 Å². The van der Waals surface area contributed by atoms with E-state index in [0.29, 0.717) is 0 Å². The summed E-state index contributed by atoms with van der Waals surface area (Å²) in [5.74, 6) is 2.48. The summed E-state index contributed by atoms with van der Waals surface area (Å²) < 4.78 is 0. The Balaban J connectivity index is 2.33. The Morgan fingerprint density at radius 1 is 1.10 bits per heavy atom. The third-order valence-electron chi connectivity index (χ3n) is 3.23. The Bertz CT molecular complexity index is 622. The van der Waals surface area contributed by atoms with Gasteiger partial charge in [0, 0.05) is 37.6 Å². The number of hydrogen-bond acceptors (Lipinski definition) is 5. The fourth-order valence-corrected chi connectivity index (χ4v) is 2.09. The molecule has 0 aliphatic heterocycles. The molecule has 2 rings (SSSR count). The van der Waals surface area contributed by atoms with Gasteiger partial charge in [-0.15, -0.1) is 0 Å². The number of nitrogens with one attached hydrogen (secondary N) is 2. The topological polar surface area (TPSA) is 53.1 Å². The molecule has 5 heteroatoms. The van der Waals surface area contributed by atoms with Gasteiger partial charge in [0.1, 0.15) is 17.5 Å². The van der Waals surface area contributed by atoms with Crippen LogP contribution in [-0.2, 0) is 0 Å². The quantitative estimate of drug-likeness (QED) is 0.882. The first kappa shape index (κ1) is 15.1. The highest BCUT2D eigenvalue weighted by Crippen LogP contribution is 2.25. The van der Waals surface area contributed by atoms with Gasteiger partial charge in [-0.1, -0.05) is 6.07 Å². The van der Waals surface area contributed by atoms with E-state index < -0.39 is 0 Å². The molecule has 0 aliphatic carbocycles. The summed E-state index contributed by atoms with van der Waals surface area (Å²) in [5.41, 5.74) is 3.19. The van der Waals surface area contributed by atoms with Crippen molar-refractivity contribution < 1.29 is 0 Å². The lowest BCUT2D eigenvalue weighted by atomic mass is 10.2. The first-order valence-electron chi connectivity index (χ1n) is 7.14. The number of rotatable bonds is 5. The monoisotopic (exact) mass is 285 g/mol. The summed E-state index contributed by atoms with van der Waals surface area (Å²) in [6.45, 7) is 6.83. The Hall–Kier alpha value is -2.30. The zero-order chi connectivity index (χ0) is 15.4. The molecule has 112 valence electrons. The van der Waals surface area contributed by atoms with Crippen molar-refractivity contribution in [1.82, 2.24) is 9.97 Å². The minimum absolute atomic E-state index is 0.753. The van der Waals surface area contributed by atoms with Crippen LogP contribution in [0.5, 0.6) is 0 Å². The minimum atomic E-state index is 0.753. The van der Waals surface area contributed by atoms with Crippen LogP contribution in [0.25, 0.3) is 0 Å². The van der Waals surface area contributed by atoms with Crippen LogP contribution in [-0.4, -0.2) is 30.6 Å². The molecule has 0 saturated heterocycles. The van der Waals surface area contributed by atoms with E-state index >= 15 is 0 Å². The maximum Gasteiger partial charge on any atom is 0.139 e. The molecule has 0 fully saturated rings. The lowest BCUT2D eigenvalue weighted by Gasteiger charge is -2.16. The number of aryl methyl sites for hydroxylation is 1. The second kappa shape index (κ2) is 6.43. The van der Waals surface area contributed by atoms with E-state index in [4.69, 9.17) is 0 Å². The van der Waals surface area contributed by atoms with Crippen LogP contribution < -0.4 is 15.5 Å². The highest BCUT2D eigenvalue weighted by molar-refractivity contribution is 5.67. The Morgan fingerprint density at radius 2 is 1.81 bits per heavy atom. The molecule has 0 amide bonds. The van der Waals surface area contributed by atoms with Gasteiger partial charge in [0.25, 0.3) is 0 Å². The number of nitrogens with zero attached hydrogens (tertiary/aromatic N) is 3. The highest BCUT2D eigenvalue weighted by Gasteiger charge is 2.09. The van der Waals surface area contributed by atoms with Crippen LogP contribution in [0.2, 0.25) is 0 Å². The van der Waals surface area contributed by atoms with Crippen LogP contribution in [0, 0.1) is 13.8 Å². The molecule has 0 aliphatic rings. The van der Waals surface area contributed by atoms with E-state index in [0.717, 1.165) is 40.9 Å². The highest BCUT2D eigenvalue weighted by atomic mass is 15.1. The predicted octanol–water partition coefficient (Wildman–Crippen LogP) is 3.33. The van der Waals surface area contributed by atoms with Crippen molar-refractivity contribution in [2.45, 2.75) is 20.8 Å². The first-order chi connectivity index (χ1) is 10.0. The van der Waals surface area contributed by atoms with Crippen molar-refractivity contribution in [2.75, 3.05) is 36.2 Å². The number of aromatic nitrogens is 2. The fourth-order valence-electron chi connectivity index (χ4n) is 2.09. The molecule has 0 radical (unpaired) electrons. The molecular weight excluding hydrogens is 262 g/mol. The van der Waals surface area contributed by atoms with Gasteiger partial charge < -0.3 is 15.5 Å². The van der Waals surface area contributed by atoms with E-state index in [1.807, 2.05) is 40.1 Å². The smallest absolute Gasteiger partial charge is 0.139 e. The van der Waals surface area contributed by atoms with E-state index in [2.05, 4.69) is 44.6 Å². The summed E-state index contributed by atoms with van der Waals surface area (Å²) in [6.07, 6.45) is 0. The van der Waals surface area contributed by atoms with Gasteiger partial charge in [-0.05, 0) is 39.0 Å². The molecule has 0 saturated carbocycles. The van der Waals surface area contributed by atoms with Crippen LogP contribution >= 0.6 is 0 Å². The van der Waals surface area contributed by atoms with Gasteiger partial charge in [-0.3, -0.25) is 0 Å². The van der Waals surface area contributed by atoms with Gasteiger partial charge in [0.05, 0.1) is 0 Å². The van der Waals surface area contributed by atoms with Gasteiger partial charge in [-0.2, -0.15) is 0 Å². The maximum atomic E-state index is 4.51. The molecule has 0 atom stereocenters. The second-order valence-corrected chi connectivity index (χ2v) is 5.19. The van der Waals surface area contributed by atoms with E-state index in [1.165, 1.54) is 0 Å².